The fourth-order valence-corrected chi connectivity index (χ4v) is 2.72. The first-order chi connectivity index (χ1) is 10.2. The lowest BCUT2D eigenvalue weighted by Crippen LogP contribution is -1.93. The minimum atomic E-state index is 0.353. The summed E-state index contributed by atoms with van der Waals surface area (Å²) in [6, 6.07) is 22.4. The summed E-state index contributed by atoms with van der Waals surface area (Å²) in [5, 5.41) is 10.2. The van der Waals surface area contributed by atoms with Crippen LogP contribution in [0.15, 0.2) is 66.7 Å². The van der Waals surface area contributed by atoms with Crippen LogP contribution in [0.25, 0.3) is 22.3 Å². The van der Waals surface area contributed by atoms with Crippen LogP contribution in [0.3, 0.4) is 0 Å². The van der Waals surface area contributed by atoms with Gasteiger partial charge in [-0.2, -0.15) is 0 Å². The topological polar surface area (TPSA) is 20.2 Å². The number of hydrogen-bond acceptors (Lipinski definition) is 1. The Morgan fingerprint density at radius 1 is 0.667 bits per heavy atom. The molecule has 0 aromatic heterocycles. The Morgan fingerprint density at radius 3 is 1.76 bits per heavy atom. The number of aromatic hydroxyl groups is 1. The lowest BCUT2D eigenvalue weighted by atomic mass is 9.88. The van der Waals surface area contributed by atoms with Crippen molar-refractivity contribution in [2.75, 3.05) is 0 Å². The number of phenolic OH excluding ortho intramolecular Hbond substituents is 1. The van der Waals surface area contributed by atoms with E-state index in [0.717, 1.165) is 22.3 Å². The highest BCUT2D eigenvalue weighted by Gasteiger charge is 2.14. The van der Waals surface area contributed by atoms with Crippen molar-refractivity contribution in [1.82, 2.24) is 0 Å². The summed E-state index contributed by atoms with van der Waals surface area (Å²) in [6.07, 6.45) is 0. The molecule has 3 aromatic carbocycles. The summed E-state index contributed by atoms with van der Waals surface area (Å²) in [4.78, 5) is 0. The zero-order chi connectivity index (χ0) is 14.8. The highest BCUT2D eigenvalue weighted by atomic mass is 16.3. The van der Waals surface area contributed by atoms with E-state index in [2.05, 4.69) is 31.2 Å². The Morgan fingerprint density at radius 2 is 1.19 bits per heavy atom. The highest BCUT2D eigenvalue weighted by Crippen LogP contribution is 2.39. The average molecular weight is 274 g/mol. The van der Waals surface area contributed by atoms with Crippen LogP contribution in [0, 0.1) is 13.8 Å². The van der Waals surface area contributed by atoms with Gasteiger partial charge in [0.1, 0.15) is 5.75 Å². The van der Waals surface area contributed by atoms with Crippen LogP contribution in [-0.2, 0) is 0 Å². The molecule has 0 heterocycles. The maximum absolute atomic E-state index is 10.2. The molecular formula is C20H18O. The second kappa shape index (κ2) is 5.45. The predicted octanol–water partition coefficient (Wildman–Crippen LogP) is 5.34. The third-order valence-electron chi connectivity index (χ3n) is 4.02. The van der Waals surface area contributed by atoms with Crippen molar-refractivity contribution in [1.29, 1.82) is 0 Å². The van der Waals surface area contributed by atoms with Gasteiger partial charge in [-0.25, -0.2) is 0 Å². The summed E-state index contributed by atoms with van der Waals surface area (Å²) in [7, 11) is 0. The summed E-state index contributed by atoms with van der Waals surface area (Å²) in [5.41, 5.74) is 6.62. The fourth-order valence-electron chi connectivity index (χ4n) is 2.72. The Bertz CT molecular complexity index is 759. The molecule has 1 heteroatoms. The van der Waals surface area contributed by atoms with Gasteiger partial charge in [-0.15, -0.1) is 0 Å². The first-order valence-electron chi connectivity index (χ1n) is 7.12. The van der Waals surface area contributed by atoms with Crippen molar-refractivity contribution in [3.8, 4) is 28.0 Å². The Hall–Kier alpha value is -2.54. The Balaban J connectivity index is 2.34. The molecule has 0 amide bonds. The van der Waals surface area contributed by atoms with Crippen LogP contribution < -0.4 is 0 Å². The zero-order valence-electron chi connectivity index (χ0n) is 12.3. The lowest BCUT2D eigenvalue weighted by molar-refractivity contribution is 0.471. The van der Waals surface area contributed by atoms with Gasteiger partial charge in [0.2, 0.25) is 0 Å². The van der Waals surface area contributed by atoms with Gasteiger partial charge in [0, 0.05) is 0 Å². The molecule has 0 bridgehead atoms. The van der Waals surface area contributed by atoms with E-state index in [1.165, 1.54) is 11.1 Å². The summed E-state index contributed by atoms with van der Waals surface area (Å²) in [6.45, 7) is 4.04. The van der Waals surface area contributed by atoms with Crippen LogP contribution in [-0.4, -0.2) is 5.11 Å². The first kappa shape index (κ1) is 13.4. The minimum absolute atomic E-state index is 0.353. The molecule has 0 aliphatic rings. The fraction of sp³-hybridized carbons (Fsp3) is 0.100. The predicted molar refractivity (Wildman–Crippen MR) is 88.5 cm³/mol. The third kappa shape index (κ3) is 2.43. The van der Waals surface area contributed by atoms with Gasteiger partial charge in [-0.1, -0.05) is 60.7 Å². The Kier molecular flexibility index (Phi) is 3.49. The molecule has 1 nitrogen and oxygen atoms in total. The lowest BCUT2D eigenvalue weighted by Gasteiger charge is -2.17. The van der Waals surface area contributed by atoms with Gasteiger partial charge >= 0.3 is 0 Å². The maximum atomic E-state index is 10.2. The van der Waals surface area contributed by atoms with E-state index in [-0.39, 0.29) is 0 Å². The Labute approximate surface area is 125 Å². The number of benzene rings is 3. The van der Waals surface area contributed by atoms with Gasteiger partial charge in [-0.3, -0.25) is 0 Å². The molecule has 0 radical (unpaired) electrons. The number of phenols is 1. The summed E-state index contributed by atoms with van der Waals surface area (Å²) in [5.74, 6) is 0.353. The molecule has 1 N–H and O–H groups in total. The molecule has 0 aliphatic heterocycles. The second-order valence-corrected chi connectivity index (χ2v) is 5.30. The molecule has 0 atom stereocenters. The van der Waals surface area contributed by atoms with Crippen LogP contribution in [0.5, 0.6) is 5.75 Å². The summed E-state index contributed by atoms with van der Waals surface area (Å²) < 4.78 is 0. The van der Waals surface area contributed by atoms with Crippen molar-refractivity contribution in [2.24, 2.45) is 0 Å². The van der Waals surface area contributed by atoms with Crippen molar-refractivity contribution < 1.29 is 5.11 Å². The molecule has 0 saturated carbocycles. The number of rotatable bonds is 2. The molecule has 0 aliphatic carbocycles. The largest absolute Gasteiger partial charge is 0.508 e. The molecule has 0 spiro atoms. The van der Waals surface area contributed by atoms with Crippen molar-refractivity contribution in [3.05, 3.63) is 77.9 Å². The van der Waals surface area contributed by atoms with E-state index in [1.54, 1.807) is 0 Å². The van der Waals surface area contributed by atoms with Gasteiger partial charge < -0.3 is 5.11 Å². The number of hydrogen-bond donors (Lipinski definition) is 1. The molecule has 0 fully saturated rings. The van der Waals surface area contributed by atoms with Crippen LogP contribution in [0.2, 0.25) is 0 Å². The van der Waals surface area contributed by atoms with Gasteiger partial charge in [0.25, 0.3) is 0 Å². The third-order valence-corrected chi connectivity index (χ3v) is 4.02. The van der Waals surface area contributed by atoms with Crippen molar-refractivity contribution >= 4 is 0 Å². The van der Waals surface area contributed by atoms with Gasteiger partial charge in [-0.05, 0) is 53.3 Å². The zero-order valence-corrected chi connectivity index (χ0v) is 12.3. The molecule has 0 saturated heterocycles. The quantitative estimate of drug-likeness (QED) is 0.668. The highest BCUT2D eigenvalue weighted by molar-refractivity contribution is 5.87. The maximum Gasteiger partial charge on any atom is 0.119 e. The van der Waals surface area contributed by atoms with Crippen LogP contribution in [0.1, 0.15) is 11.1 Å². The SMILES string of the molecule is Cc1c(O)cc(-c2ccccc2)c(-c2ccccc2)c1C. The van der Waals surface area contributed by atoms with Crippen molar-refractivity contribution in [3.63, 3.8) is 0 Å². The van der Waals surface area contributed by atoms with E-state index in [0.29, 0.717) is 5.75 Å². The van der Waals surface area contributed by atoms with Crippen LogP contribution in [0.4, 0.5) is 0 Å². The van der Waals surface area contributed by atoms with Gasteiger partial charge in [0.15, 0.2) is 0 Å². The average Bonchev–Trinajstić information content (AvgIpc) is 2.54. The molecule has 0 unspecified atom stereocenters. The second-order valence-electron chi connectivity index (χ2n) is 5.30. The van der Waals surface area contributed by atoms with E-state index in [1.807, 2.05) is 49.4 Å². The monoisotopic (exact) mass is 274 g/mol. The normalized spacial score (nSPS) is 10.6. The molecule has 3 rings (SSSR count). The molecule has 104 valence electrons. The van der Waals surface area contributed by atoms with E-state index in [9.17, 15) is 5.11 Å². The first-order valence-corrected chi connectivity index (χ1v) is 7.12. The summed E-state index contributed by atoms with van der Waals surface area (Å²) >= 11 is 0. The van der Waals surface area contributed by atoms with E-state index < -0.39 is 0 Å². The molecule has 3 aromatic rings. The van der Waals surface area contributed by atoms with Crippen molar-refractivity contribution in [2.45, 2.75) is 13.8 Å². The minimum Gasteiger partial charge on any atom is -0.508 e. The molecular weight excluding hydrogens is 256 g/mol. The van der Waals surface area contributed by atoms with Gasteiger partial charge in [0.05, 0.1) is 0 Å². The van der Waals surface area contributed by atoms with E-state index >= 15 is 0 Å². The van der Waals surface area contributed by atoms with Crippen LogP contribution >= 0.6 is 0 Å². The molecule has 21 heavy (non-hydrogen) atoms. The smallest absolute Gasteiger partial charge is 0.119 e. The van der Waals surface area contributed by atoms with E-state index in [4.69, 9.17) is 0 Å². The standard InChI is InChI=1S/C20H18O/c1-14-15(2)20(17-11-7-4-8-12-17)18(13-19(14)21)16-9-5-3-6-10-16/h3-13,21H,1-2H3.